The van der Waals surface area contributed by atoms with Gasteiger partial charge >= 0.3 is 0 Å². The van der Waals surface area contributed by atoms with Gasteiger partial charge in [-0.1, -0.05) is 42.5 Å². The highest BCUT2D eigenvalue weighted by molar-refractivity contribution is 7.83. The van der Waals surface area contributed by atoms with E-state index in [1.807, 2.05) is 54.6 Å². The van der Waals surface area contributed by atoms with Crippen LogP contribution in [0.15, 0.2) is 54.6 Å². The highest BCUT2D eigenvalue weighted by Crippen LogP contribution is 2.15. The van der Waals surface area contributed by atoms with Crippen LogP contribution >= 0.6 is 12.4 Å². The number of hydrogen-bond donors (Lipinski definition) is 2. The van der Waals surface area contributed by atoms with Crippen LogP contribution in [0.3, 0.4) is 0 Å². The van der Waals surface area contributed by atoms with Gasteiger partial charge in [0, 0.05) is 34.5 Å². The molecule has 1 aliphatic rings. The van der Waals surface area contributed by atoms with Crippen LogP contribution in [0.1, 0.15) is 11.1 Å². The summed E-state index contributed by atoms with van der Waals surface area (Å²) in [4.78, 5) is 12.2. The summed E-state index contributed by atoms with van der Waals surface area (Å²) in [7, 11) is -0.992. The Balaban J connectivity index is 0.00000243. The van der Waals surface area contributed by atoms with Crippen LogP contribution < -0.4 is 10.6 Å². The number of anilines is 1. The van der Waals surface area contributed by atoms with Gasteiger partial charge in [-0.15, -0.1) is 12.4 Å². The van der Waals surface area contributed by atoms with Gasteiger partial charge in [-0.05, 0) is 23.3 Å². The lowest BCUT2D eigenvalue weighted by molar-refractivity contribution is -0.120. The Morgan fingerprint density at radius 2 is 1.85 bits per heavy atom. The summed E-state index contributed by atoms with van der Waals surface area (Å²) in [6, 6.07) is 17.0. The number of benzene rings is 2. The second kappa shape index (κ2) is 10.4. The monoisotopic (exact) mass is 394 g/mol. The summed E-state index contributed by atoms with van der Waals surface area (Å²) in [5, 5.41) is 6.02. The summed E-state index contributed by atoms with van der Waals surface area (Å²) in [6.45, 7) is 1.69. The SMILES string of the molecule is Cl.O=C(Nc1cccc(CS(=O)Cc2ccccc2)c1)C1COCCN1. The zero-order chi connectivity index (χ0) is 17.5. The number of halogens is 1. The van der Waals surface area contributed by atoms with E-state index in [-0.39, 0.29) is 24.4 Å². The maximum Gasteiger partial charge on any atom is 0.243 e. The molecular weight excluding hydrogens is 372 g/mol. The summed E-state index contributed by atoms with van der Waals surface area (Å²) < 4.78 is 17.7. The van der Waals surface area contributed by atoms with E-state index in [0.29, 0.717) is 37.0 Å². The fraction of sp³-hybridized carbons (Fsp3) is 0.316. The molecule has 2 unspecified atom stereocenters. The minimum absolute atomic E-state index is 0. The molecule has 0 aliphatic carbocycles. The van der Waals surface area contributed by atoms with Crippen LogP contribution in [0.2, 0.25) is 0 Å². The lowest BCUT2D eigenvalue weighted by atomic mass is 10.2. The van der Waals surface area contributed by atoms with E-state index in [9.17, 15) is 9.00 Å². The third-order valence-corrected chi connectivity index (χ3v) is 5.24. The van der Waals surface area contributed by atoms with E-state index in [1.165, 1.54) is 0 Å². The topological polar surface area (TPSA) is 67.4 Å². The number of hydrogen-bond acceptors (Lipinski definition) is 4. The molecule has 0 aromatic heterocycles. The number of carbonyl (C=O) groups is 1. The van der Waals surface area contributed by atoms with Gasteiger partial charge in [-0.2, -0.15) is 0 Å². The predicted octanol–water partition coefficient (Wildman–Crippen LogP) is 2.48. The van der Waals surface area contributed by atoms with E-state index in [4.69, 9.17) is 4.74 Å². The molecule has 2 aromatic carbocycles. The molecule has 26 heavy (non-hydrogen) atoms. The van der Waals surface area contributed by atoms with E-state index in [0.717, 1.165) is 11.1 Å². The maximum atomic E-state index is 12.4. The van der Waals surface area contributed by atoms with Crippen molar-refractivity contribution in [1.29, 1.82) is 0 Å². The van der Waals surface area contributed by atoms with Crippen LogP contribution in [0.5, 0.6) is 0 Å². The van der Waals surface area contributed by atoms with E-state index in [1.54, 1.807) is 0 Å². The first-order chi connectivity index (χ1) is 12.2. The molecule has 1 saturated heterocycles. The van der Waals surface area contributed by atoms with Gasteiger partial charge in [0.1, 0.15) is 6.04 Å². The Labute approximate surface area is 162 Å². The van der Waals surface area contributed by atoms with Gasteiger partial charge in [-0.25, -0.2) is 0 Å². The summed E-state index contributed by atoms with van der Waals surface area (Å²) in [5.41, 5.74) is 2.72. The minimum atomic E-state index is -0.992. The van der Waals surface area contributed by atoms with Crippen molar-refractivity contribution in [2.75, 3.05) is 25.1 Å². The molecule has 0 bridgehead atoms. The molecule has 0 radical (unpaired) electrons. The average molecular weight is 395 g/mol. The minimum Gasteiger partial charge on any atom is -0.378 e. The Bertz CT molecular complexity index is 737. The van der Waals surface area contributed by atoms with Crippen LogP contribution in [-0.4, -0.2) is 35.9 Å². The van der Waals surface area contributed by atoms with Gasteiger partial charge in [0.05, 0.1) is 13.2 Å². The van der Waals surface area contributed by atoms with Gasteiger partial charge < -0.3 is 15.4 Å². The van der Waals surface area contributed by atoms with Gasteiger partial charge in [0.25, 0.3) is 0 Å². The molecule has 1 fully saturated rings. The molecule has 5 nitrogen and oxygen atoms in total. The number of morpholine rings is 1. The van der Waals surface area contributed by atoms with E-state index in [2.05, 4.69) is 10.6 Å². The van der Waals surface area contributed by atoms with Crippen molar-refractivity contribution < 1.29 is 13.7 Å². The van der Waals surface area contributed by atoms with Crippen LogP contribution in [0, 0.1) is 0 Å². The van der Waals surface area contributed by atoms with Gasteiger partial charge in [0.2, 0.25) is 5.91 Å². The largest absolute Gasteiger partial charge is 0.378 e. The standard InChI is InChI=1S/C19H22N2O3S.ClH/c22-19(18-12-24-10-9-20-18)21-17-8-4-7-16(11-17)14-25(23)13-15-5-2-1-3-6-15;/h1-8,11,18,20H,9-10,12-14H2,(H,21,22);1H. The van der Waals surface area contributed by atoms with Crippen LogP contribution in [0.4, 0.5) is 5.69 Å². The summed E-state index contributed by atoms with van der Waals surface area (Å²) in [5.74, 6) is 0.881. The molecule has 1 amide bonds. The fourth-order valence-corrected chi connectivity index (χ4v) is 3.92. The zero-order valence-corrected chi connectivity index (χ0v) is 16.0. The third-order valence-electron chi connectivity index (χ3n) is 3.93. The smallest absolute Gasteiger partial charge is 0.243 e. The van der Waals surface area contributed by atoms with Crippen molar-refractivity contribution in [3.63, 3.8) is 0 Å². The van der Waals surface area contributed by atoms with Crippen LogP contribution in [-0.2, 0) is 31.8 Å². The molecule has 2 atom stereocenters. The van der Waals surface area contributed by atoms with Crippen molar-refractivity contribution in [3.8, 4) is 0 Å². The zero-order valence-electron chi connectivity index (χ0n) is 14.4. The molecule has 7 heteroatoms. The quantitative estimate of drug-likeness (QED) is 0.789. The van der Waals surface area contributed by atoms with Crippen molar-refractivity contribution in [2.24, 2.45) is 0 Å². The fourth-order valence-electron chi connectivity index (χ4n) is 2.70. The second-order valence-corrected chi connectivity index (χ2v) is 7.44. The number of nitrogens with one attached hydrogen (secondary N) is 2. The lowest BCUT2D eigenvalue weighted by Crippen LogP contribution is -2.48. The average Bonchev–Trinajstić information content (AvgIpc) is 2.63. The number of ether oxygens (including phenoxy) is 1. The molecule has 1 heterocycles. The van der Waals surface area contributed by atoms with Crippen molar-refractivity contribution in [3.05, 3.63) is 65.7 Å². The molecule has 2 N–H and O–H groups in total. The first-order valence-corrected chi connectivity index (χ1v) is 9.79. The number of amides is 1. The highest BCUT2D eigenvalue weighted by atomic mass is 35.5. The molecule has 0 spiro atoms. The van der Waals surface area contributed by atoms with E-state index >= 15 is 0 Å². The number of rotatable bonds is 6. The Hall–Kier alpha value is -1.73. The molecule has 0 saturated carbocycles. The highest BCUT2D eigenvalue weighted by Gasteiger charge is 2.21. The van der Waals surface area contributed by atoms with E-state index < -0.39 is 10.8 Å². The van der Waals surface area contributed by atoms with Crippen molar-refractivity contribution >= 4 is 34.8 Å². The normalized spacial score (nSPS) is 17.8. The maximum absolute atomic E-state index is 12.4. The van der Waals surface area contributed by atoms with Crippen molar-refractivity contribution in [2.45, 2.75) is 17.5 Å². The summed E-state index contributed by atoms with van der Waals surface area (Å²) >= 11 is 0. The molecule has 1 aliphatic heterocycles. The second-order valence-electron chi connectivity index (χ2n) is 5.99. The molecule has 140 valence electrons. The first-order valence-electron chi connectivity index (χ1n) is 8.30. The van der Waals surface area contributed by atoms with Gasteiger partial charge in [0.15, 0.2) is 0 Å². The van der Waals surface area contributed by atoms with Gasteiger partial charge in [-0.3, -0.25) is 9.00 Å². The Morgan fingerprint density at radius 3 is 2.58 bits per heavy atom. The Kier molecular flexibility index (Phi) is 8.25. The summed E-state index contributed by atoms with van der Waals surface area (Å²) in [6.07, 6.45) is 0. The molecule has 2 aromatic rings. The van der Waals surface area contributed by atoms with Crippen molar-refractivity contribution in [1.82, 2.24) is 5.32 Å². The Morgan fingerprint density at radius 1 is 1.12 bits per heavy atom. The predicted molar refractivity (Wildman–Crippen MR) is 107 cm³/mol. The number of carbonyl (C=O) groups excluding carboxylic acids is 1. The molecule has 3 rings (SSSR count). The molecular formula is C19H23ClN2O3S. The lowest BCUT2D eigenvalue weighted by Gasteiger charge is -2.23. The third kappa shape index (κ3) is 6.21. The first kappa shape index (κ1) is 20.6. The van der Waals surface area contributed by atoms with Crippen LogP contribution in [0.25, 0.3) is 0 Å².